The summed E-state index contributed by atoms with van der Waals surface area (Å²) < 4.78 is 10.4. The summed E-state index contributed by atoms with van der Waals surface area (Å²) in [6.07, 6.45) is 0. The zero-order valence-corrected chi connectivity index (χ0v) is 16.6. The zero-order chi connectivity index (χ0) is 20.7. The molecule has 2 aromatic rings. The fourth-order valence-corrected chi connectivity index (χ4v) is 2.81. The Morgan fingerprint density at radius 3 is 2.00 bits per heavy atom. The number of carbonyl (C=O) groups is 3. The monoisotopic (exact) mass is 404 g/mol. The van der Waals surface area contributed by atoms with Crippen LogP contribution in [0.1, 0.15) is 18.1 Å². The van der Waals surface area contributed by atoms with Gasteiger partial charge < -0.3 is 20.1 Å². The molecule has 0 atom stereocenters. The van der Waals surface area contributed by atoms with Crippen molar-refractivity contribution in [1.29, 1.82) is 0 Å². The molecule has 7 nitrogen and oxygen atoms in total. The van der Waals surface area contributed by atoms with Gasteiger partial charge in [0.05, 0.1) is 0 Å². The number of carbonyl (C=O) groups excluding carboxylic acids is 3. The molecule has 8 heteroatoms. The van der Waals surface area contributed by atoms with Crippen LogP contribution in [0.4, 0.5) is 11.4 Å². The number of halogens is 1. The maximum Gasteiger partial charge on any atom is 0.344 e. The van der Waals surface area contributed by atoms with E-state index in [9.17, 15) is 14.4 Å². The van der Waals surface area contributed by atoms with Crippen molar-refractivity contribution < 1.29 is 23.9 Å². The van der Waals surface area contributed by atoms with E-state index in [0.717, 1.165) is 11.1 Å². The molecular formula is C20H21ClN2O5. The highest BCUT2D eigenvalue weighted by Crippen LogP contribution is 2.26. The SMILES string of the molecule is CC(=O)Nc1ccc(NC(=O)COC(=O)COc2c(C)cc(Cl)cc2C)cc1. The third kappa shape index (κ3) is 6.59. The third-order valence-electron chi connectivity index (χ3n) is 3.61. The maximum absolute atomic E-state index is 11.9. The second-order valence-corrected chi connectivity index (χ2v) is 6.56. The first-order valence-electron chi connectivity index (χ1n) is 8.47. The Hall–Kier alpha value is -3.06. The number of rotatable bonds is 7. The van der Waals surface area contributed by atoms with Gasteiger partial charge in [-0.05, 0) is 61.4 Å². The summed E-state index contributed by atoms with van der Waals surface area (Å²) in [6.45, 7) is 4.30. The summed E-state index contributed by atoms with van der Waals surface area (Å²) in [7, 11) is 0. The van der Waals surface area contributed by atoms with Gasteiger partial charge in [0, 0.05) is 23.3 Å². The second-order valence-electron chi connectivity index (χ2n) is 6.12. The van der Waals surface area contributed by atoms with Gasteiger partial charge in [-0.2, -0.15) is 0 Å². The van der Waals surface area contributed by atoms with Crippen LogP contribution < -0.4 is 15.4 Å². The fraction of sp³-hybridized carbons (Fsp3) is 0.250. The summed E-state index contributed by atoms with van der Waals surface area (Å²) in [6, 6.07) is 10.0. The third-order valence-corrected chi connectivity index (χ3v) is 3.83. The number of hydrogen-bond donors (Lipinski definition) is 2. The molecule has 0 spiro atoms. The van der Waals surface area contributed by atoms with Gasteiger partial charge in [0.15, 0.2) is 13.2 Å². The average molecular weight is 405 g/mol. The smallest absolute Gasteiger partial charge is 0.344 e. The fourth-order valence-electron chi connectivity index (χ4n) is 2.48. The predicted molar refractivity (Wildman–Crippen MR) is 107 cm³/mol. The number of ether oxygens (including phenoxy) is 2. The molecular weight excluding hydrogens is 384 g/mol. The molecule has 0 aromatic heterocycles. The minimum Gasteiger partial charge on any atom is -0.481 e. The van der Waals surface area contributed by atoms with Gasteiger partial charge in [0.2, 0.25) is 5.91 Å². The van der Waals surface area contributed by atoms with Gasteiger partial charge in [-0.3, -0.25) is 9.59 Å². The Morgan fingerprint density at radius 1 is 0.929 bits per heavy atom. The normalized spacial score (nSPS) is 10.1. The van der Waals surface area contributed by atoms with E-state index in [0.29, 0.717) is 22.1 Å². The van der Waals surface area contributed by atoms with Gasteiger partial charge in [-0.1, -0.05) is 11.6 Å². The highest BCUT2D eigenvalue weighted by molar-refractivity contribution is 6.30. The van der Waals surface area contributed by atoms with E-state index in [1.54, 1.807) is 36.4 Å². The molecule has 0 aliphatic carbocycles. The first kappa shape index (κ1) is 21.2. The van der Waals surface area contributed by atoms with Crippen LogP contribution in [0.15, 0.2) is 36.4 Å². The Bertz CT molecular complexity index is 858. The lowest BCUT2D eigenvalue weighted by Gasteiger charge is -2.12. The molecule has 0 heterocycles. The molecule has 0 radical (unpaired) electrons. The quantitative estimate of drug-likeness (QED) is 0.689. The molecule has 148 valence electrons. The van der Waals surface area contributed by atoms with Crippen LogP contribution >= 0.6 is 11.6 Å². The van der Waals surface area contributed by atoms with Crippen molar-refractivity contribution >= 4 is 40.8 Å². The molecule has 0 bridgehead atoms. The van der Waals surface area contributed by atoms with Crippen LogP contribution in [-0.2, 0) is 19.1 Å². The summed E-state index contributed by atoms with van der Waals surface area (Å²) in [5.74, 6) is -0.774. The number of benzene rings is 2. The van der Waals surface area contributed by atoms with E-state index >= 15 is 0 Å². The maximum atomic E-state index is 11.9. The summed E-state index contributed by atoms with van der Waals surface area (Å²) in [5.41, 5.74) is 2.73. The lowest BCUT2D eigenvalue weighted by Crippen LogP contribution is -2.23. The van der Waals surface area contributed by atoms with E-state index in [2.05, 4.69) is 10.6 Å². The molecule has 0 aliphatic heterocycles. The first-order valence-corrected chi connectivity index (χ1v) is 8.85. The number of amides is 2. The van der Waals surface area contributed by atoms with Crippen molar-refractivity contribution in [3.05, 3.63) is 52.5 Å². The Morgan fingerprint density at radius 2 is 1.46 bits per heavy atom. The molecule has 0 saturated heterocycles. The molecule has 0 unspecified atom stereocenters. The number of anilines is 2. The molecule has 2 aromatic carbocycles. The van der Waals surface area contributed by atoms with Gasteiger partial charge in [-0.25, -0.2) is 4.79 Å². The molecule has 28 heavy (non-hydrogen) atoms. The molecule has 2 amide bonds. The van der Waals surface area contributed by atoms with E-state index < -0.39 is 18.5 Å². The lowest BCUT2D eigenvalue weighted by molar-refractivity contribution is -0.149. The van der Waals surface area contributed by atoms with Gasteiger partial charge in [-0.15, -0.1) is 0 Å². The highest BCUT2D eigenvalue weighted by Gasteiger charge is 2.12. The average Bonchev–Trinajstić information content (AvgIpc) is 2.60. The van der Waals surface area contributed by atoms with Crippen LogP contribution in [0.5, 0.6) is 5.75 Å². The largest absolute Gasteiger partial charge is 0.481 e. The van der Waals surface area contributed by atoms with Crippen molar-refractivity contribution in [2.45, 2.75) is 20.8 Å². The van der Waals surface area contributed by atoms with Crippen LogP contribution in [0.3, 0.4) is 0 Å². The van der Waals surface area contributed by atoms with E-state index in [4.69, 9.17) is 21.1 Å². The molecule has 0 fully saturated rings. The zero-order valence-electron chi connectivity index (χ0n) is 15.8. The van der Waals surface area contributed by atoms with Crippen LogP contribution in [-0.4, -0.2) is 31.0 Å². The van der Waals surface area contributed by atoms with Gasteiger partial charge >= 0.3 is 5.97 Å². The Labute approximate surface area is 168 Å². The lowest BCUT2D eigenvalue weighted by atomic mass is 10.1. The summed E-state index contributed by atoms with van der Waals surface area (Å²) in [4.78, 5) is 34.7. The number of aryl methyl sites for hydroxylation is 2. The van der Waals surface area contributed by atoms with Crippen molar-refractivity contribution in [3.8, 4) is 5.75 Å². The Balaban J connectivity index is 1.78. The van der Waals surface area contributed by atoms with Crippen molar-refractivity contribution in [2.75, 3.05) is 23.8 Å². The van der Waals surface area contributed by atoms with Crippen molar-refractivity contribution in [3.63, 3.8) is 0 Å². The predicted octanol–water partition coefficient (Wildman–Crippen LogP) is 3.48. The highest BCUT2D eigenvalue weighted by atomic mass is 35.5. The molecule has 0 aliphatic rings. The number of esters is 1. The van der Waals surface area contributed by atoms with Crippen LogP contribution in [0.25, 0.3) is 0 Å². The molecule has 0 saturated carbocycles. The molecule has 2 N–H and O–H groups in total. The van der Waals surface area contributed by atoms with E-state index in [1.165, 1.54) is 6.92 Å². The number of nitrogens with one attached hydrogen (secondary N) is 2. The standard InChI is InChI=1S/C20H21ClN2O5/c1-12-8-15(21)9-13(2)20(12)28-11-19(26)27-10-18(25)23-17-6-4-16(5-7-17)22-14(3)24/h4-9H,10-11H2,1-3H3,(H,22,24)(H,23,25). The van der Waals surface area contributed by atoms with Crippen molar-refractivity contribution in [1.82, 2.24) is 0 Å². The van der Waals surface area contributed by atoms with Gasteiger partial charge in [0.25, 0.3) is 5.91 Å². The minimum absolute atomic E-state index is 0.185. The first-order chi connectivity index (χ1) is 13.2. The van der Waals surface area contributed by atoms with Gasteiger partial charge in [0.1, 0.15) is 5.75 Å². The van der Waals surface area contributed by atoms with Crippen LogP contribution in [0.2, 0.25) is 5.02 Å². The van der Waals surface area contributed by atoms with Crippen molar-refractivity contribution in [2.24, 2.45) is 0 Å². The number of hydrogen-bond acceptors (Lipinski definition) is 5. The summed E-state index contributed by atoms with van der Waals surface area (Å²) in [5, 5.41) is 5.80. The topological polar surface area (TPSA) is 93.7 Å². The molecule has 2 rings (SSSR count). The summed E-state index contributed by atoms with van der Waals surface area (Å²) >= 11 is 5.96. The van der Waals surface area contributed by atoms with E-state index in [-0.39, 0.29) is 12.5 Å². The van der Waals surface area contributed by atoms with E-state index in [1.807, 2.05) is 13.8 Å². The Kier molecular flexibility index (Phi) is 7.40. The minimum atomic E-state index is -0.662. The van der Waals surface area contributed by atoms with Crippen LogP contribution in [0, 0.1) is 13.8 Å². The second kappa shape index (κ2) is 9.75.